The minimum Gasteiger partial charge on any atom is -0.207 e. The fourth-order valence-electron chi connectivity index (χ4n) is 2.25. The van der Waals surface area contributed by atoms with Crippen LogP contribution in [0.25, 0.3) is 0 Å². The molecule has 112 valence electrons. The van der Waals surface area contributed by atoms with Crippen LogP contribution in [0.4, 0.5) is 4.39 Å². The minimum atomic E-state index is -3.71. The van der Waals surface area contributed by atoms with E-state index in [1.54, 1.807) is 11.8 Å². The minimum absolute atomic E-state index is 0.0153. The van der Waals surface area contributed by atoms with Crippen molar-refractivity contribution in [2.75, 3.05) is 12.3 Å². The Morgan fingerprint density at radius 2 is 2.15 bits per heavy atom. The first-order valence-electron chi connectivity index (χ1n) is 6.35. The van der Waals surface area contributed by atoms with Gasteiger partial charge in [0, 0.05) is 29.5 Å². The molecule has 7 heteroatoms. The zero-order valence-electron chi connectivity index (χ0n) is 11.3. The molecule has 0 bridgehead atoms. The number of benzene rings is 1. The molecule has 0 radical (unpaired) electrons. The monoisotopic (exact) mass is 337 g/mol. The van der Waals surface area contributed by atoms with E-state index in [-0.39, 0.29) is 22.1 Å². The number of hydrogen-bond donors (Lipinski definition) is 0. The molecule has 1 aromatic rings. The third-order valence-corrected chi connectivity index (χ3v) is 7.28. The maximum atomic E-state index is 13.4. The van der Waals surface area contributed by atoms with Crippen LogP contribution >= 0.6 is 23.4 Å². The highest BCUT2D eigenvalue weighted by molar-refractivity contribution is 8.00. The number of rotatable bonds is 3. The third-order valence-electron chi connectivity index (χ3n) is 3.59. The maximum Gasteiger partial charge on any atom is 0.243 e. The van der Waals surface area contributed by atoms with Crippen LogP contribution in [-0.2, 0) is 15.9 Å². The standard InChI is InChI=1S/C13H17ClFNO2S2/c1-9-10(2)19-6-5-16(9)20(17,18)13-7-12(15)4-3-11(13)8-14/h3-4,7,9-10H,5-6,8H2,1-2H3. The summed E-state index contributed by atoms with van der Waals surface area (Å²) < 4.78 is 40.4. The molecular weight excluding hydrogens is 321 g/mol. The van der Waals surface area contributed by atoms with Crippen LogP contribution in [0.3, 0.4) is 0 Å². The van der Waals surface area contributed by atoms with Crippen molar-refractivity contribution < 1.29 is 12.8 Å². The van der Waals surface area contributed by atoms with Crippen molar-refractivity contribution in [3.8, 4) is 0 Å². The van der Waals surface area contributed by atoms with E-state index in [1.165, 1.54) is 16.4 Å². The van der Waals surface area contributed by atoms with Crippen LogP contribution < -0.4 is 0 Å². The van der Waals surface area contributed by atoms with E-state index in [1.807, 2.05) is 13.8 Å². The summed E-state index contributed by atoms with van der Waals surface area (Å²) in [6.07, 6.45) is 0. The van der Waals surface area contributed by atoms with Crippen LogP contribution in [0, 0.1) is 5.82 Å². The fourth-order valence-corrected chi connectivity index (χ4v) is 5.79. The molecular formula is C13H17ClFNO2S2. The number of halogens is 2. The zero-order chi connectivity index (χ0) is 14.9. The Balaban J connectivity index is 2.47. The summed E-state index contributed by atoms with van der Waals surface area (Å²) in [6, 6.07) is 3.61. The number of alkyl halides is 1. The Hall–Kier alpha value is -0.300. The van der Waals surface area contributed by atoms with Gasteiger partial charge in [-0.05, 0) is 24.6 Å². The first-order chi connectivity index (χ1) is 9.37. The topological polar surface area (TPSA) is 37.4 Å². The molecule has 1 heterocycles. The second-order valence-electron chi connectivity index (χ2n) is 4.82. The van der Waals surface area contributed by atoms with Gasteiger partial charge in [-0.25, -0.2) is 12.8 Å². The summed E-state index contributed by atoms with van der Waals surface area (Å²) in [4.78, 5) is -0.0153. The van der Waals surface area contributed by atoms with Gasteiger partial charge in [-0.15, -0.1) is 11.6 Å². The highest BCUT2D eigenvalue weighted by Crippen LogP contribution is 2.31. The van der Waals surface area contributed by atoms with Crippen LogP contribution in [0.5, 0.6) is 0 Å². The number of sulfonamides is 1. The molecule has 1 fully saturated rings. The first-order valence-corrected chi connectivity index (χ1v) is 9.38. The lowest BCUT2D eigenvalue weighted by molar-refractivity contribution is 0.340. The quantitative estimate of drug-likeness (QED) is 0.795. The maximum absolute atomic E-state index is 13.4. The molecule has 0 aromatic heterocycles. The molecule has 0 N–H and O–H groups in total. The van der Waals surface area contributed by atoms with E-state index in [2.05, 4.69) is 0 Å². The number of nitrogens with zero attached hydrogens (tertiary/aromatic N) is 1. The largest absolute Gasteiger partial charge is 0.243 e. The Kier molecular flexibility index (Phi) is 5.00. The first kappa shape index (κ1) is 16.1. The van der Waals surface area contributed by atoms with Crippen molar-refractivity contribution in [1.82, 2.24) is 4.31 Å². The van der Waals surface area contributed by atoms with E-state index in [0.29, 0.717) is 12.1 Å². The summed E-state index contributed by atoms with van der Waals surface area (Å²) in [5.41, 5.74) is 0.436. The van der Waals surface area contributed by atoms with Gasteiger partial charge in [0.2, 0.25) is 10.0 Å². The van der Waals surface area contributed by atoms with Crippen LogP contribution in [0.15, 0.2) is 23.1 Å². The van der Waals surface area contributed by atoms with Gasteiger partial charge in [0.15, 0.2) is 0 Å². The average Bonchev–Trinajstić information content (AvgIpc) is 2.41. The number of thioether (sulfide) groups is 1. The SMILES string of the molecule is CC1SCCN(S(=O)(=O)c2cc(F)ccc2CCl)C1C. The Labute approximate surface area is 128 Å². The number of hydrogen-bond acceptors (Lipinski definition) is 3. The molecule has 0 aliphatic carbocycles. The molecule has 1 saturated heterocycles. The van der Waals surface area contributed by atoms with Gasteiger partial charge >= 0.3 is 0 Å². The van der Waals surface area contributed by atoms with E-state index in [9.17, 15) is 12.8 Å². The predicted molar refractivity (Wildman–Crippen MR) is 81.2 cm³/mol. The summed E-state index contributed by atoms with van der Waals surface area (Å²) in [7, 11) is -3.71. The van der Waals surface area contributed by atoms with Crippen molar-refractivity contribution in [2.24, 2.45) is 0 Å². The normalized spacial score (nSPS) is 24.8. The molecule has 1 aliphatic heterocycles. The highest BCUT2D eigenvalue weighted by Gasteiger charge is 2.36. The average molecular weight is 338 g/mol. The third kappa shape index (κ3) is 2.98. The van der Waals surface area contributed by atoms with Crippen molar-refractivity contribution in [3.05, 3.63) is 29.6 Å². The molecule has 20 heavy (non-hydrogen) atoms. The summed E-state index contributed by atoms with van der Waals surface area (Å²) in [5.74, 6) is 0.224. The summed E-state index contributed by atoms with van der Waals surface area (Å²) in [6.45, 7) is 4.33. The second kappa shape index (κ2) is 6.22. The molecule has 0 saturated carbocycles. The highest BCUT2D eigenvalue weighted by atomic mass is 35.5. The van der Waals surface area contributed by atoms with Gasteiger partial charge in [-0.1, -0.05) is 13.0 Å². The van der Waals surface area contributed by atoms with Crippen LogP contribution in [0.1, 0.15) is 19.4 Å². The lowest BCUT2D eigenvalue weighted by Gasteiger charge is -2.36. The lowest BCUT2D eigenvalue weighted by Crippen LogP contribution is -2.48. The van der Waals surface area contributed by atoms with Crippen molar-refractivity contribution in [2.45, 2.75) is 35.9 Å². The summed E-state index contributed by atoms with van der Waals surface area (Å²) >= 11 is 7.53. The molecule has 0 spiro atoms. The van der Waals surface area contributed by atoms with E-state index in [0.717, 1.165) is 11.8 Å². The fraction of sp³-hybridized carbons (Fsp3) is 0.538. The van der Waals surface area contributed by atoms with Gasteiger partial charge < -0.3 is 0 Å². The molecule has 0 amide bonds. The van der Waals surface area contributed by atoms with Crippen LogP contribution in [0.2, 0.25) is 0 Å². The second-order valence-corrected chi connectivity index (χ2v) is 8.43. The summed E-state index contributed by atoms with van der Waals surface area (Å²) in [5, 5.41) is 0.214. The van der Waals surface area contributed by atoms with Gasteiger partial charge in [0.25, 0.3) is 0 Å². The Morgan fingerprint density at radius 3 is 2.80 bits per heavy atom. The molecule has 1 aromatic carbocycles. The van der Waals surface area contributed by atoms with Gasteiger partial charge in [-0.2, -0.15) is 16.1 Å². The van der Waals surface area contributed by atoms with Crippen molar-refractivity contribution >= 4 is 33.4 Å². The molecule has 1 aliphatic rings. The van der Waals surface area contributed by atoms with Gasteiger partial charge in [0.05, 0.1) is 4.90 Å². The van der Waals surface area contributed by atoms with E-state index < -0.39 is 15.8 Å². The van der Waals surface area contributed by atoms with Crippen molar-refractivity contribution in [3.63, 3.8) is 0 Å². The van der Waals surface area contributed by atoms with E-state index in [4.69, 9.17) is 11.6 Å². The van der Waals surface area contributed by atoms with Crippen molar-refractivity contribution in [1.29, 1.82) is 0 Å². The van der Waals surface area contributed by atoms with Crippen LogP contribution in [-0.4, -0.2) is 36.3 Å². The molecule has 2 atom stereocenters. The Bertz CT molecular complexity index is 594. The zero-order valence-corrected chi connectivity index (χ0v) is 13.7. The lowest BCUT2D eigenvalue weighted by atomic mass is 10.2. The van der Waals surface area contributed by atoms with Gasteiger partial charge in [0.1, 0.15) is 5.82 Å². The van der Waals surface area contributed by atoms with E-state index >= 15 is 0 Å². The Morgan fingerprint density at radius 1 is 1.45 bits per heavy atom. The predicted octanol–water partition coefficient (Wildman–Crippen LogP) is 3.08. The molecule has 2 rings (SSSR count). The molecule has 2 unspecified atom stereocenters. The smallest absolute Gasteiger partial charge is 0.207 e. The molecule has 3 nitrogen and oxygen atoms in total. The van der Waals surface area contributed by atoms with Gasteiger partial charge in [-0.3, -0.25) is 0 Å².